The monoisotopic (exact) mass is 107 g/mol. The van der Waals surface area contributed by atoms with Gasteiger partial charge in [-0.3, -0.25) is 4.57 Å². The molecule has 0 rings (SSSR count). The Morgan fingerprint density at radius 3 is 2.33 bits per heavy atom. The number of nitrogens with zero attached hydrogens (tertiary/aromatic N) is 1. The Balaban J connectivity index is 3.60. The van der Waals surface area contributed by atoms with Gasteiger partial charge in [0.2, 0.25) is 6.08 Å². The first-order valence-electron chi connectivity index (χ1n) is 1.08. The molecule has 0 saturated carbocycles. The molecule has 0 aliphatic heterocycles. The first-order valence-corrected chi connectivity index (χ1v) is 2.38. The molecule has 1 atom stereocenters. The molecule has 1 N–H and O–H groups in total. The van der Waals surface area contributed by atoms with E-state index in [1.54, 1.807) is 0 Å². The quantitative estimate of drug-likeness (QED) is 0.284. The summed E-state index contributed by atoms with van der Waals surface area (Å²) >= 11 is 0. The van der Waals surface area contributed by atoms with Gasteiger partial charge in [0.05, 0.1) is 0 Å². The van der Waals surface area contributed by atoms with Gasteiger partial charge in [0.25, 0.3) is 0 Å². The Kier molecular flexibility index (Phi) is 2.59. The van der Waals surface area contributed by atoms with Gasteiger partial charge < -0.3 is 4.89 Å². The van der Waals surface area contributed by atoms with Crippen molar-refractivity contribution < 1.29 is 14.3 Å². The zero-order valence-corrected chi connectivity index (χ0v) is 3.71. The van der Waals surface area contributed by atoms with Crippen molar-refractivity contribution in [3.8, 4) is 0 Å². The number of hydrogen-bond donors (Lipinski definition) is 1. The predicted molar refractivity (Wildman–Crippen MR) is 19.3 cm³/mol. The Labute approximate surface area is 34.4 Å². The molecule has 34 valence electrons. The Morgan fingerprint density at radius 1 is 1.83 bits per heavy atom. The van der Waals surface area contributed by atoms with Crippen molar-refractivity contribution in [2.75, 3.05) is 0 Å². The van der Waals surface area contributed by atoms with Crippen molar-refractivity contribution in [3.63, 3.8) is 0 Å². The smallest absolute Gasteiger partial charge is 0.310 e. The fourth-order valence-electron chi connectivity index (χ4n) is 0.0390. The van der Waals surface area contributed by atoms with Crippen LogP contribution < -0.4 is 0 Å². The summed E-state index contributed by atoms with van der Waals surface area (Å²) < 4.78 is 11.8. The van der Waals surface area contributed by atoms with Gasteiger partial charge in [-0.15, -0.1) is 4.76 Å². The van der Waals surface area contributed by atoms with E-state index in [0.29, 0.717) is 0 Å². The van der Waals surface area contributed by atoms with E-state index in [2.05, 4.69) is 4.76 Å². The lowest BCUT2D eigenvalue weighted by molar-refractivity contribution is 0.503. The van der Waals surface area contributed by atoms with Gasteiger partial charge in [-0.05, 0) is 0 Å². The zero-order chi connectivity index (χ0) is 4.99. The highest BCUT2D eigenvalue weighted by molar-refractivity contribution is 7.36. The molecule has 6 heavy (non-hydrogen) atoms. The van der Waals surface area contributed by atoms with Crippen LogP contribution in [0, 0.1) is 0 Å². The number of isocyanates is 1. The average Bonchev–Trinajstić information content (AvgIpc) is 1.35. The fraction of sp³-hybridized carbons (Fsp3) is 0. The van der Waals surface area contributed by atoms with Gasteiger partial charge in [-0.1, -0.05) is 0 Å². The molecule has 0 saturated heterocycles. The number of carbonyl (C=O) groups excluding carboxylic acids is 1. The van der Waals surface area contributed by atoms with E-state index in [0.717, 1.165) is 6.08 Å². The first-order chi connectivity index (χ1) is 2.77. The molecule has 4 nitrogen and oxygen atoms in total. The third-order valence-corrected chi connectivity index (χ3v) is 0.424. The highest BCUT2D eigenvalue weighted by atomic mass is 31.1. The number of rotatable bonds is 1. The molecule has 0 aliphatic carbocycles. The average molecular weight is 107 g/mol. The fourth-order valence-corrected chi connectivity index (χ4v) is 0.117. The normalized spacial score (nSPS) is 12.2. The summed E-state index contributed by atoms with van der Waals surface area (Å²) in [6, 6.07) is 0. The highest BCUT2D eigenvalue weighted by Gasteiger charge is 1.74. The largest absolute Gasteiger partial charge is 0.330 e. The molecular weight excluding hydrogens is 105 g/mol. The van der Waals surface area contributed by atoms with Gasteiger partial charge in [0, 0.05) is 0 Å². The van der Waals surface area contributed by atoms with Gasteiger partial charge in [0.15, 0.2) is 0 Å². The summed E-state index contributed by atoms with van der Waals surface area (Å²) in [5.74, 6) is 0. The van der Waals surface area contributed by atoms with Crippen molar-refractivity contribution in [1.29, 1.82) is 0 Å². The minimum absolute atomic E-state index is 0.925. The molecule has 0 heterocycles. The molecule has 1 unspecified atom stereocenters. The van der Waals surface area contributed by atoms with Crippen LogP contribution in [0.2, 0.25) is 0 Å². The van der Waals surface area contributed by atoms with Crippen molar-refractivity contribution in [2.24, 2.45) is 4.76 Å². The molecule has 5 heteroatoms. The minimum Gasteiger partial charge on any atom is -0.330 e. The van der Waals surface area contributed by atoms with E-state index in [9.17, 15) is 4.57 Å². The maximum Gasteiger partial charge on any atom is 0.310 e. The maximum atomic E-state index is 9.36. The van der Waals surface area contributed by atoms with Crippen LogP contribution in [0.3, 0.4) is 0 Å². The van der Waals surface area contributed by atoms with E-state index in [1.165, 1.54) is 0 Å². The van der Waals surface area contributed by atoms with E-state index in [4.69, 9.17) is 9.69 Å². The summed E-state index contributed by atoms with van der Waals surface area (Å²) in [5.41, 5.74) is 0. The maximum absolute atomic E-state index is 9.36. The van der Waals surface area contributed by atoms with Crippen molar-refractivity contribution in [3.05, 3.63) is 0 Å². The second-order valence-electron chi connectivity index (χ2n) is 0.486. The van der Waals surface area contributed by atoms with Gasteiger partial charge in [-0.2, -0.15) is 0 Å². The van der Waals surface area contributed by atoms with Crippen molar-refractivity contribution in [1.82, 2.24) is 0 Å². The number of hydrogen-bond acceptors (Lipinski definition) is 2. The van der Waals surface area contributed by atoms with Crippen molar-refractivity contribution >= 4 is 14.3 Å². The van der Waals surface area contributed by atoms with Crippen LogP contribution in [0.15, 0.2) is 4.76 Å². The Bertz CT molecular complexity index is 103. The lowest BCUT2D eigenvalue weighted by atomic mass is 11.7. The first kappa shape index (κ1) is 5.57. The highest BCUT2D eigenvalue weighted by Crippen LogP contribution is 2.10. The third-order valence-electron chi connectivity index (χ3n) is 0.141. The Hall–Kier alpha value is -0.430. The summed E-state index contributed by atoms with van der Waals surface area (Å²) in [7, 11) is -2.93. The predicted octanol–water partition coefficient (Wildman–Crippen LogP) is -0.296. The lowest BCUT2D eigenvalue weighted by Gasteiger charge is -1.64. The molecule has 0 aromatic heterocycles. The SMILES string of the molecule is O=C=N[PH](=O)O. The molecule has 0 fully saturated rings. The third kappa shape index (κ3) is 3.57. The molecule has 0 aromatic rings. The molecule has 0 bridgehead atoms. The summed E-state index contributed by atoms with van der Waals surface area (Å²) in [4.78, 5) is 16.7. The van der Waals surface area contributed by atoms with Crippen molar-refractivity contribution in [2.45, 2.75) is 0 Å². The molecule has 0 spiro atoms. The standard InChI is InChI=1S/CH2NO3P/c3-1-2-6(4)5/h6H,(H,4,5). The summed E-state index contributed by atoms with van der Waals surface area (Å²) in [6.07, 6.45) is 0.925. The van der Waals surface area contributed by atoms with Gasteiger partial charge in [0.1, 0.15) is 0 Å². The lowest BCUT2D eigenvalue weighted by Crippen LogP contribution is -1.43. The second kappa shape index (κ2) is 2.79. The van der Waals surface area contributed by atoms with E-state index >= 15 is 0 Å². The van der Waals surface area contributed by atoms with Gasteiger partial charge in [-0.25, -0.2) is 4.79 Å². The van der Waals surface area contributed by atoms with Crippen LogP contribution in [-0.4, -0.2) is 11.0 Å². The van der Waals surface area contributed by atoms with Crippen LogP contribution in [0.1, 0.15) is 0 Å². The van der Waals surface area contributed by atoms with E-state index < -0.39 is 8.18 Å². The summed E-state index contributed by atoms with van der Waals surface area (Å²) in [6.45, 7) is 0. The van der Waals surface area contributed by atoms with E-state index in [1.807, 2.05) is 0 Å². The summed E-state index contributed by atoms with van der Waals surface area (Å²) in [5, 5.41) is 0. The zero-order valence-electron chi connectivity index (χ0n) is 2.71. The van der Waals surface area contributed by atoms with Gasteiger partial charge >= 0.3 is 8.18 Å². The van der Waals surface area contributed by atoms with E-state index in [-0.39, 0.29) is 0 Å². The van der Waals surface area contributed by atoms with Crippen LogP contribution in [0.25, 0.3) is 0 Å². The minimum atomic E-state index is -2.93. The van der Waals surface area contributed by atoms with Crippen LogP contribution >= 0.6 is 8.18 Å². The van der Waals surface area contributed by atoms with Crippen LogP contribution in [0.5, 0.6) is 0 Å². The molecule has 0 amide bonds. The molecule has 0 aliphatic rings. The molecular formula is CH2NO3P. The molecule has 0 radical (unpaired) electrons. The Morgan fingerprint density at radius 2 is 2.33 bits per heavy atom. The van der Waals surface area contributed by atoms with Crippen LogP contribution in [0.4, 0.5) is 0 Å². The topological polar surface area (TPSA) is 66.7 Å². The van der Waals surface area contributed by atoms with Crippen LogP contribution in [-0.2, 0) is 9.36 Å². The molecule has 0 aromatic carbocycles. The second-order valence-corrected chi connectivity index (χ2v) is 1.27.